The molecular formula is C14H14ClN3O3. The maximum atomic E-state index is 12.3. The van der Waals surface area contributed by atoms with Crippen LogP contribution in [0.4, 0.5) is 11.4 Å². The number of anilines is 2. The quantitative estimate of drug-likeness (QED) is 0.669. The second-order valence-corrected chi connectivity index (χ2v) is 4.44. The Morgan fingerprint density at radius 2 is 2.10 bits per heavy atom. The van der Waals surface area contributed by atoms with Crippen LogP contribution in [0.5, 0.6) is 11.5 Å². The van der Waals surface area contributed by atoms with E-state index < -0.39 is 5.91 Å². The van der Waals surface area contributed by atoms with E-state index in [2.05, 4.69) is 10.3 Å². The van der Waals surface area contributed by atoms with Gasteiger partial charge in [0.1, 0.15) is 11.5 Å². The lowest BCUT2D eigenvalue weighted by Crippen LogP contribution is -2.15. The summed E-state index contributed by atoms with van der Waals surface area (Å²) in [6, 6.07) is 6.43. The molecule has 3 N–H and O–H groups in total. The number of halogens is 1. The van der Waals surface area contributed by atoms with Crippen molar-refractivity contribution in [3.63, 3.8) is 0 Å². The molecule has 2 rings (SSSR count). The zero-order chi connectivity index (χ0) is 15.4. The molecule has 2 aromatic rings. The monoisotopic (exact) mass is 307 g/mol. The number of ether oxygens (including phenoxy) is 2. The van der Waals surface area contributed by atoms with Gasteiger partial charge in [0.2, 0.25) is 0 Å². The SMILES string of the molecule is COc1cc(OC)c(N)c(C(=O)Nc2cccnc2Cl)c1. The average molecular weight is 308 g/mol. The molecule has 0 aliphatic rings. The van der Waals surface area contributed by atoms with Crippen molar-refractivity contribution in [2.75, 3.05) is 25.3 Å². The maximum Gasteiger partial charge on any atom is 0.258 e. The summed E-state index contributed by atoms with van der Waals surface area (Å²) in [4.78, 5) is 16.2. The lowest BCUT2D eigenvalue weighted by molar-refractivity contribution is 0.102. The number of benzene rings is 1. The molecule has 0 radical (unpaired) electrons. The molecule has 1 aromatic heterocycles. The lowest BCUT2D eigenvalue weighted by atomic mass is 10.1. The van der Waals surface area contributed by atoms with Crippen LogP contribution in [-0.4, -0.2) is 25.1 Å². The van der Waals surface area contributed by atoms with Gasteiger partial charge in [0.05, 0.1) is 31.2 Å². The minimum Gasteiger partial charge on any atom is -0.497 e. The van der Waals surface area contributed by atoms with Gasteiger partial charge < -0.3 is 20.5 Å². The molecule has 1 amide bonds. The van der Waals surface area contributed by atoms with Crippen molar-refractivity contribution < 1.29 is 14.3 Å². The number of hydrogen-bond acceptors (Lipinski definition) is 5. The largest absolute Gasteiger partial charge is 0.497 e. The number of amides is 1. The highest BCUT2D eigenvalue weighted by atomic mass is 35.5. The Hall–Kier alpha value is -2.47. The summed E-state index contributed by atoms with van der Waals surface area (Å²) in [5.74, 6) is 0.389. The number of methoxy groups -OCH3 is 2. The first-order chi connectivity index (χ1) is 10.1. The molecular weight excluding hydrogens is 294 g/mol. The summed E-state index contributed by atoms with van der Waals surface area (Å²) in [5, 5.41) is 2.84. The molecule has 6 nitrogen and oxygen atoms in total. The van der Waals surface area contributed by atoms with Crippen LogP contribution in [0.25, 0.3) is 0 Å². The number of carbonyl (C=O) groups is 1. The van der Waals surface area contributed by atoms with Gasteiger partial charge in [-0.15, -0.1) is 0 Å². The van der Waals surface area contributed by atoms with Crippen molar-refractivity contribution in [3.05, 3.63) is 41.2 Å². The van der Waals surface area contributed by atoms with E-state index >= 15 is 0 Å². The molecule has 0 unspecified atom stereocenters. The molecule has 7 heteroatoms. The van der Waals surface area contributed by atoms with E-state index in [0.29, 0.717) is 17.2 Å². The number of aromatic nitrogens is 1. The summed E-state index contributed by atoms with van der Waals surface area (Å²) >= 11 is 5.91. The van der Waals surface area contributed by atoms with Crippen LogP contribution < -0.4 is 20.5 Å². The third-order valence-electron chi connectivity index (χ3n) is 2.82. The van der Waals surface area contributed by atoms with E-state index in [1.807, 2.05) is 0 Å². The van der Waals surface area contributed by atoms with Crippen LogP contribution in [-0.2, 0) is 0 Å². The number of nitrogens with two attached hydrogens (primary N) is 1. The van der Waals surface area contributed by atoms with Crippen LogP contribution in [0.1, 0.15) is 10.4 Å². The Kier molecular flexibility index (Phi) is 4.49. The Morgan fingerprint density at radius 1 is 1.33 bits per heavy atom. The Labute approximate surface area is 126 Å². The van der Waals surface area contributed by atoms with E-state index in [-0.39, 0.29) is 16.4 Å². The van der Waals surface area contributed by atoms with Gasteiger partial charge in [0.15, 0.2) is 5.15 Å². The second kappa shape index (κ2) is 6.32. The molecule has 0 aliphatic carbocycles. The van der Waals surface area contributed by atoms with Gasteiger partial charge in [-0.25, -0.2) is 4.98 Å². The smallest absolute Gasteiger partial charge is 0.258 e. The van der Waals surface area contributed by atoms with E-state index in [0.717, 1.165) is 0 Å². The average Bonchev–Trinajstić information content (AvgIpc) is 2.49. The first-order valence-corrected chi connectivity index (χ1v) is 6.38. The van der Waals surface area contributed by atoms with Crippen LogP contribution >= 0.6 is 11.6 Å². The van der Waals surface area contributed by atoms with Crippen molar-refractivity contribution in [1.82, 2.24) is 4.98 Å². The molecule has 0 bridgehead atoms. The van der Waals surface area contributed by atoms with Crippen LogP contribution in [0.3, 0.4) is 0 Å². The summed E-state index contributed by atoms with van der Waals surface area (Å²) in [5.41, 5.74) is 6.76. The molecule has 0 atom stereocenters. The molecule has 0 saturated carbocycles. The van der Waals surface area contributed by atoms with Gasteiger partial charge in [-0.2, -0.15) is 0 Å². The topological polar surface area (TPSA) is 86.5 Å². The zero-order valence-corrected chi connectivity index (χ0v) is 12.3. The fraction of sp³-hybridized carbons (Fsp3) is 0.143. The van der Waals surface area contributed by atoms with Gasteiger partial charge >= 0.3 is 0 Å². The van der Waals surface area contributed by atoms with Gasteiger partial charge in [0, 0.05) is 12.3 Å². The summed E-state index contributed by atoms with van der Waals surface area (Å²) in [6.07, 6.45) is 1.53. The number of nitrogens with zero attached hydrogens (tertiary/aromatic N) is 1. The van der Waals surface area contributed by atoms with Gasteiger partial charge in [0.25, 0.3) is 5.91 Å². The van der Waals surface area contributed by atoms with E-state index in [1.54, 1.807) is 18.2 Å². The molecule has 0 fully saturated rings. The number of pyridine rings is 1. The first kappa shape index (κ1) is 14.9. The van der Waals surface area contributed by atoms with Crippen LogP contribution in [0, 0.1) is 0 Å². The summed E-state index contributed by atoms with van der Waals surface area (Å²) in [6.45, 7) is 0. The fourth-order valence-electron chi connectivity index (χ4n) is 1.74. The Balaban J connectivity index is 2.37. The van der Waals surface area contributed by atoms with Crippen molar-refractivity contribution in [3.8, 4) is 11.5 Å². The minimum absolute atomic E-state index is 0.194. The van der Waals surface area contributed by atoms with Crippen LogP contribution in [0.2, 0.25) is 5.15 Å². The maximum absolute atomic E-state index is 12.3. The minimum atomic E-state index is -0.431. The predicted octanol–water partition coefficient (Wildman–Crippen LogP) is 2.59. The zero-order valence-electron chi connectivity index (χ0n) is 11.5. The number of nitrogens with one attached hydrogen (secondary N) is 1. The first-order valence-electron chi connectivity index (χ1n) is 6.00. The van der Waals surface area contributed by atoms with E-state index in [4.69, 9.17) is 26.8 Å². The van der Waals surface area contributed by atoms with E-state index in [1.165, 1.54) is 26.5 Å². The highest BCUT2D eigenvalue weighted by molar-refractivity contribution is 6.32. The van der Waals surface area contributed by atoms with Crippen molar-refractivity contribution >= 4 is 28.9 Å². The van der Waals surface area contributed by atoms with E-state index in [9.17, 15) is 4.79 Å². The number of hydrogen-bond donors (Lipinski definition) is 2. The van der Waals surface area contributed by atoms with Crippen molar-refractivity contribution in [2.45, 2.75) is 0 Å². The third-order valence-corrected chi connectivity index (χ3v) is 3.12. The molecule has 1 aromatic carbocycles. The summed E-state index contributed by atoms with van der Waals surface area (Å²) in [7, 11) is 2.95. The normalized spacial score (nSPS) is 10.0. The number of nitrogen functional groups attached to an aromatic ring is 1. The number of carbonyl (C=O) groups excluding carboxylic acids is 1. The molecule has 110 valence electrons. The third kappa shape index (κ3) is 3.17. The molecule has 1 heterocycles. The van der Waals surface area contributed by atoms with Crippen molar-refractivity contribution in [1.29, 1.82) is 0 Å². The Bertz CT molecular complexity index is 677. The summed E-state index contributed by atoms with van der Waals surface area (Å²) < 4.78 is 10.3. The molecule has 0 saturated heterocycles. The molecule has 21 heavy (non-hydrogen) atoms. The van der Waals surface area contributed by atoms with Gasteiger partial charge in [-0.05, 0) is 18.2 Å². The molecule has 0 aliphatic heterocycles. The highest BCUT2D eigenvalue weighted by Crippen LogP contribution is 2.31. The molecule has 0 spiro atoms. The highest BCUT2D eigenvalue weighted by Gasteiger charge is 2.17. The van der Waals surface area contributed by atoms with Crippen LogP contribution in [0.15, 0.2) is 30.5 Å². The second-order valence-electron chi connectivity index (χ2n) is 4.09. The van der Waals surface area contributed by atoms with Gasteiger partial charge in [-0.3, -0.25) is 4.79 Å². The predicted molar refractivity (Wildman–Crippen MR) is 81.2 cm³/mol. The van der Waals surface area contributed by atoms with Crippen molar-refractivity contribution in [2.24, 2.45) is 0 Å². The Morgan fingerprint density at radius 3 is 2.71 bits per heavy atom. The standard InChI is InChI=1S/C14H14ClN3O3/c1-20-8-6-9(12(16)11(7-8)21-2)14(19)18-10-4-3-5-17-13(10)15/h3-7H,16H2,1-2H3,(H,18,19). The number of rotatable bonds is 4. The van der Waals surface area contributed by atoms with Gasteiger partial charge in [-0.1, -0.05) is 11.6 Å². The lowest BCUT2D eigenvalue weighted by Gasteiger charge is -2.13. The fourth-order valence-corrected chi connectivity index (χ4v) is 1.91.